The van der Waals surface area contributed by atoms with Crippen molar-refractivity contribution in [3.05, 3.63) is 108 Å². The van der Waals surface area contributed by atoms with E-state index in [0.29, 0.717) is 26.3 Å². The predicted molar refractivity (Wildman–Crippen MR) is 192 cm³/mol. The number of esters is 1. The summed E-state index contributed by atoms with van der Waals surface area (Å²) < 4.78 is 73.9. The van der Waals surface area contributed by atoms with Gasteiger partial charge >= 0.3 is 12.1 Å². The molecular weight excluding hydrogens is 692 g/mol. The van der Waals surface area contributed by atoms with Gasteiger partial charge in [-0.3, -0.25) is 14.7 Å². The van der Waals surface area contributed by atoms with E-state index in [1.165, 1.54) is 13.2 Å². The number of benzene rings is 4. The summed E-state index contributed by atoms with van der Waals surface area (Å²) in [6.07, 6.45) is -1.03. The molecule has 0 unspecified atom stereocenters. The molecule has 276 valence electrons. The summed E-state index contributed by atoms with van der Waals surface area (Å²) in [7, 11) is 1.20. The number of ether oxygens (including phenoxy) is 3. The van der Waals surface area contributed by atoms with Gasteiger partial charge in [0, 0.05) is 56.1 Å². The molecule has 1 amide bonds. The first-order chi connectivity index (χ1) is 25.6. The molecule has 0 aliphatic carbocycles. The van der Waals surface area contributed by atoms with Crippen molar-refractivity contribution >= 4 is 39.1 Å². The number of aromatic nitrogens is 1. The molecule has 53 heavy (non-hydrogen) atoms. The zero-order chi connectivity index (χ0) is 37.1. The molecule has 2 aliphatic rings. The molecule has 0 radical (unpaired) electrons. The zero-order valence-electron chi connectivity index (χ0n) is 29.0. The van der Waals surface area contributed by atoms with E-state index in [4.69, 9.17) is 14.2 Å². The maximum absolute atomic E-state index is 16.2. The summed E-state index contributed by atoms with van der Waals surface area (Å²) in [5.74, 6) is -2.62. The van der Waals surface area contributed by atoms with Crippen LogP contribution >= 0.6 is 0 Å². The number of methoxy groups -OCH3 is 1. The number of halogens is 4. The van der Waals surface area contributed by atoms with Crippen LogP contribution < -0.4 is 10.2 Å². The highest BCUT2D eigenvalue weighted by Crippen LogP contribution is 2.36. The molecular formula is C40H38F4N4O5. The quantitative estimate of drug-likeness (QED) is 0.140. The minimum Gasteiger partial charge on any atom is -0.467 e. The smallest absolute Gasteiger partial charge is 0.411 e. The molecule has 0 bridgehead atoms. The number of carbonyl (C=O) groups is 2. The van der Waals surface area contributed by atoms with Crippen LogP contribution in [0.15, 0.2) is 85.2 Å². The van der Waals surface area contributed by atoms with Crippen LogP contribution in [0, 0.1) is 5.82 Å². The summed E-state index contributed by atoms with van der Waals surface area (Å²) in [4.78, 5) is 34.6. The molecule has 2 aliphatic heterocycles. The molecule has 4 aromatic carbocycles. The number of nitrogens with one attached hydrogen (secondary N) is 1. The molecule has 9 nitrogen and oxygen atoms in total. The molecule has 2 saturated heterocycles. The number of amides is 1. The van der Waals surface area contributed by atoms with Gasteiger partial charge in [-0.2, -0.15) is 13.2 Å². The van der Waals surface area contributed by atoms with Gasteiger partial charge < -0.3 is 24.4 Å². The highest BCUT2D eigenvalue weighted by molar-refractivity contribution is 6.06. The zero-order valence-corrected chi connectivity index (χ0v) is 29.0. The normalized spacial score (nSPS) is 17.5. The van der Waals surface area contributed by atoms with E-state index in [1.54, 1.807) is 6.20 Å². The van der Waals surface area contributed by atoms with Gasteiger partial charge in [-0.15, -0.1) is 0 Å². The number of alkyl halides is 3. The number of fused-ring (bicyclic) bond motifs is 2. The molecule has 1 aromatic heterocycles. The molecule has 0 saturated carbocycles. The first-order valence-corrected chi connectivity index (χ1v) is 17.4. The fourth-order valence-corrected chi connectivity index (χ4v) is 7.30. The molecule has 5 aromatic rings. The van der Waals surface area contributed by atoms with Crippen molar-refractivity contribution in [1.82, 2.24) is 15.2 Å². The Bertz CT molecular complexity index is 2130. The van der Waals surface area contributed by atoms with Crippen molar-refractivity contribution in [2.45, 2.75) is 31.2 Å². The third-order valence-electron chi connectivity index (χ3n) is 9.92. The average molecular weight is 731 g/mol. The first-order valence-electron chi connectivity index (χ1n) is 17.4. The van der Waals surface area contributed by atoms with E-state index in [0.717, 1.165) is 49.2 Å². The van der Waals surface area contributed by atoms with Crippen molar-refractivity contribution in [2.24, 2.45) is 0 Å². The van der Waals surface area contributed by atoms with Gasteiger partial charge in [0.25, 0.3) is 5.91 Å². The van der Waals surface area contributed by atoms with Gasteiger partial charge in [0.05, 0.1) is 39.1 Å². The Morgan fingerprint density at radius 2 is 1.62 bits per heavy atom. The first kappa shape index (κ1) is 36.3. The predicted octanol–water partition coefficient (Wildman–Crippen LogP) is 6.31. The molecule has 7 rings (SSSR count). The summed E-state index contributed by atoms with van der Waals surface area (Å²) in [6, 6.07) is 18.8. The van der Waals surface area contributed by atoms with E-state index < -0.39 is 42.6 Å². The monoisotopic (exact) mass is 730 g/mol. The number of hydrogen-bond acceptors (Lipinski definition) is 8. The van der Waals surface area contributed by atoms with Gasteiger partial charge in [-0.1, -0.05) is 54.6 Å². The fraction of sp³-hybridized carbons (Fsp3) is 0.325. The number of anilines is 1. The van der Waals surface area contributed by atoms with Crippen molar-refractivity contribution < 1.29 is 41.4 Å². The number of nitrogens with zero attached hydrogens (tertiary/aromatic N) is 3. The standard InChI is InChI=1S/C40H38F4N4O5/c1-51-39(50)35(20-26-6-3-8-30-29(26)7-4-10-31(30)32-9-2-5-25-11-12-45-22-33(25)32)46-38(49)37-27(23-47-13-16-52-17-14-47)19-28(21-34(37)41)48-15-18-53-24-36(48)40(42,43)44/h2-12,19,21-22,35-36H,13-18,20,23-24H2,1H3,(H,46,49)/t35-,36+/m0/s1. The number of pyridine rings is 1. The van der Waals surface area contributed by atoms with E-state index in [2.05, 4.69) is 10.3 Å². The Balaban J connectivity index is 1.23. The van der Waals surface area contributed by atoms with Crippen LogP contribution in [0.5, 0.6) is 0 Å². The van der Waals surface area contributed by atoms with Crippen LogP contribution in [-0.4, -0.2) is 93.2 Å². The Labute approximate surface area is 303 Å². The second-order valence-corrected chi connectivity index (χ2v) is 13.1. The third-order valence-corrected chi connectivity index (χ3v) is 9.92. The van der Waals surface area contributed by atoms with Crippen molar-refractivity contribution in [3.63, 3.8) is 0 Å². The molecule has 2 atom stereocenters. The van der Waals surface area contributed by atoms with Crippen LogP contribution in [0.25, 0.3) is 32.7 Å². The Hall–Kier alpha value is -5.11. The van der Waals surface area contributed by atoms with Crippen LogP contribution in [0.3, 0.4) is 0 Å². The lowest BCUT2D eigenvalue weighted by molar-refractivity contribution is -0.167. The maximum atomic E-state index is 16.2. The highest BCUT2D eigenvalue weighted by Gasteiger charge is 2.46. The Morgan fingerprint density at radius 1 is 0.906 bits per heavy atom. The lowest BCUT2D eigenvalue weighted by Gasteiger charge is -2.38. The minimum absolute atomic E-state index is 0.00834. The second-order valence-electron chi connectivity index (χ2n) is 13.1. The van der Waals surface area contributed by atoms with Gasteiger partial charge in [0.2, 0.25) is 0 Å². The summed E-state index contributed by atoms with van der Waals surface area (Å²) in [5.41, 5.74) is 2.52. The van der Waals surface area contributed by atoms with Crippen LogP contribution in [0.1, 0.15) is 21.5 Å². The largest absolute Gasteiger partial charge is 0.467 e. The number of carbonyl (C=O) groups excluding carboxylic acids is 2. The van der Waals surface area contributed by atoms with Crippen LogP contribution in [-0.2, 0) is 32.0 Å². The number of hydrogen-bond donors (Lipinski definition) is 1. The summed E-state index contributed by atoms with van der Waals surface area (Å²) in [6.45, 7) is 1.21. The molecule has 1 N–H and O–H groups in total. The Kier molecular flexibility index (Phi) is 10.6. The van der Waals surface area contributed by atoms with Crippen LogP contribution in [0.4, 0.5) is 23.2 Å². The summed E-state index contributed by atoms with van der Waals surface area (Å²) >= 11 is 0. The van der Waals surface area contributed by atoms with E-state index >= 15 is 4.39 Å². The highest BCUT2D eigenvalue weighted by atomic mass is 19.4. The third kappa shape index (κ3) is 7.68. The number of morpholine rings is 2. The van der Waals surface area contributed by atoms with Crippen molar-refractivity contribution in [3.8, 4) is 11.1 Å². The fourth-order valence-electron chi connectivity index (χ4n) is 7.30. The molecule has 2 fully saturated rings. The van der Waals surface area contributed by atoms with E-state index in [-0.39, 0.29) is 42.9 Å². The van der Waals surface area contributed by atoms with E-state index in [1.807, 2.05) is 71.8 Å². The SMILES string of the molecule is COC(=O)[C@H](Cc1cccc2c(-c3cccc4ccncc34)cccc12)NC(=O)c1c(F)cc(N2CCOC[C@@H]2C(F)(F)F)cc1CN1CCOCC1. The number of rotatable bonds is 9. The minimum atomic E-state index is -4.63. The molecule has 3 heterocycles. The molecule has 0 spiro atoms. The molecule has 13 heteroatoms. The van der Waals surface area contributed by atoms with Gasteiger partial charge in [-0.05, 0) is 56.6 Å². The van der Waals surface area contributed by atoms with E-state index in [9.17, 15) is 22.8 Å². The van der Waals surface area contributed by atoms with Gasteiger partial charge in [-0.25, -0.2) is 9.18 Å². The second kappa shape index (κ2) is 15.5. The Morgan fingerprint density at radius 3 is 2.40 bits per heavy atom. The summed E-state index contributed by atoms with van der Waals surface area (Å²) in [5, 5.41) is 6.49. The topological polar surface area (TPSA) is 93.2 Å². The van der Waals surface area contributed by atoms with Crippen LogP contribution in [0.2, 0.25) is 0 Å². The maximum Gasteiger partial charge on any atom is 0.411 e. The van der Waals surface area contributed by atoms with Crippen molar-refractivity contribution in [2.75, 3.05) is 58.1 Å². The van der Waals surface area contributed by atoms with Gasteiger partial charge in [0.1, 0.15) is 17.9 Å². The lowest BCUT2D eigenvalue weighted by Crippen LogP contribution is -2.53. The van der Waals surface area contributed by atoms with Gasteiger partial charge in [0.15, 0.2) is 0 Å². The van der Waals surface area contributed by atoms with Crippen molar-refractivity contribution in [1.29, 1.82) is 0 Å². The average Bonchev–Trinajstić information content (AvgIpc) is 3.17. The lowest BCUT2D eigenvalue weighted by atomic mass is 9.91.